The summed E-state index contributed by atoms with van der Waals surface area (Å²) in [6, 6.07) is 3.69. The second-order valence-electron chi connectivity index (χ2n) is 4.39. The summed E-state index contributed by atoms with van der Waals surface area (Å²) in [5, 5.41) is 0. The van der Waals surface area contributed by atoms with Gasteiger partial charge in [-0.25, -0.2) is 9.97 Å². The van der Waals surface area contributed by atoms with Crippen LogP contribution in [0, 0.1) is 0 Å². The molecule has 0 amide bonds. The summed E-state index contributed by atoms with van der Waals surface area (Å²) in [6.45, 7) is 1.08. The first kappa shape index (κ1) is 17.0. The average molecular weight is 344 g/mol. The lowest BCUT2D eigenvalue weighted by molar-refractivity contribution is -0.0951. The molecule has 8 heteroatoms. The Bertz CT molecular complexity index is 592. The first-order valence-electron chi connectivity index (χ1n) is 6.57. The number of nitrogens with zero attached hydrogens (tertiary/aromatic N) is 3. The lowest BCUT2D eigenvalue weighted by Gasteiger charge is -2.27. The normalized spacial score (nSPS) is 11.0. The van der Waals surface area contributed by atoms with Gasteiger partial charge in [0.2, 0.25) is 0 Å². The molecule has 0 saturated heterocycles. The van der Waals surface area contributed by atoms with Crippen molar-refractivity contribution in [2.24, 2.45) is 0 Å². The Balaban J connectivity index is 2.27. The molecule has 2 aromatic heterocycles. The summed E-state index contributed by atoms with van der Waals surface area (Å²) in [5.74, 6) is 1.40. The number of halogens is 1. The van der Waals surface area contributed by atoms with Gasteiger partial charge in [-0.3, -0.25) is 0 Å². The highest BCUT2D eigenvalue weighted by atomic mass is 35.5. The first-order chi connectivity index (χ1) is 10.7. The van der Waals surface area contributed by atoms with E-state index in [-0.39, 0.29) is 6.29 Å². The minimum absolute atomic E-state index is 0.380. The summed E-state index contributed by atoms with van der Waals surface area (Å²) >= 11 is 7.34. The van der Waals surface area contributed by atoms with Gasteiger partial charge in [0.1, 0.15) is 0 Å². The van der Waals surface area contributed by atoms with Crippen molar-refractivity contribution < 1.29 is 14.2 Å². The minimum atomic E-state index is -0.380. The maximum absolute atomic E-state index is 5.91. The van der Waals surface area contributed by atoms with E-state index in [1.54, 1.807) is 33.7 Å². The zero-order chi connectivity index (χ0) is 15.9. The molecule has 22 heavy (non-hydrogen) atoms. The fourth-order valence-electron chi connectivity index (χ4n) is 1.98. The zero-order valence-corrected chi connectivity index (χ0v) is 14.2. The van der Waals surface area contributed by atoms with Crippen LogP contribution in [0.4, 0.5) is 5.82 Å². The monoisotopic (exact) mass is 343 g/mol. The Labute approximate surface area is 138 Å². The Hall–Kier alpha value is -1.41. The molecule has 0 atom stereocenters. The lowest BCUT2D eigenvalue weighted by Crippen LogP contribution is -2.34. The molecule has 0 spiro atoms. The molecule has 120 valence electrons. The van der Waals surface area contributed by atoms with Crippen LogP contribution in [-0.4, -0.2) is 44.1 Å². The second-order valence-corrected chi connectivity index (χ2v) is 6.09. The van der Waals surface area contributed by atoms with Gasteiger partial charge in [-0.2, -0.15) is 0 Å². The van der Waals surface area contributed by atoms with Crippen LogP contribution >= 0.6 is 22.9 Å². The van der Waals surface area contributed by atoms with Gasteiger partial charge in [-0.1, -0.05) is 11.6 Å². The SMILES string of the molecule is COc1cccnc1N(Cc1cnc(Cl)s1)CC(OC)OC. The number of hydrogen-bond acceptors (Lipinski definition) is 7. The van der Waals surface area contributed by atoms with Gasteiger partial charge in [0.05, 0.1) is 20.2 Å². The molecule has 6 nitrogen and oxygen atoms in total. The maximum Gasteiger partial charge on any atom is 0.183 e. The summed E-state index contributed by atoms with van der Waals surface area (Å²) in [6.07, 6.45) is 3.10. The molecular weight excluding hydrogens is 326 g/mol. The van der Waals surface area contributed by atoms with Crippen LogP contribution in [0.25, 0.3) is 0 Å². The van der Waals surface area contributed by atoms with Gasteiger partial charge in [0, 0.05) is 31.5 Å². The standard InChI is InChI=1S/C14H18ClN3O3S/c1-19-11-5-4-6-16-13(11)18(9-12(20-2)21-3)8-10-7-17-14(15)22-10/h4-7,12H,8-9H2,1-3H3. The molecule has 0 unspecified atom stereocenters. The molecule has 0 bridgehead atoms. The summed E-state index contributed by atoms with van der Waals surface area (Å²) < 4.78 is 16.5. The van der Waals surface area contributed by atoms with Crippen molar-refractivity contribution in [1.82, 2.24) is 9.97 Å². The predicted octanol–water partition coefficient (Wildman–Crippen LogP) is 2.83. The maximum atomic E-state index is 5.91. The number of pyridine rings is 1. The van der Waals surface area contributed by atoms with Gasteiger partial charge in [0.25, 0.3) is 0 Å². The molecule has 2 aromatic rings. The van der Waals surface area contributed by atoms with Crippen molar-refractivity contribution in [2.75, 3.05) is 32.8 Å². The van der Waals surface area contributed by atoms with Crippen molar-refractivity contribution >= 4 is 28.8 Å². The number of thiazole rings is 1. The number of ether oxygens (including phenoxy) is 3. The highest BCUT2D eigenvalue weighted by molar-refractivity contribution is 7.15. The number of aromatic nitrogens is 2. The van der Waals surface area contributed by atoms with Crippen molar-refractivity contribution in [3.05, 3.63) is 33.9 Å². The number of anilines is 1. The Morgan fingerprint density at radius 1 is 1.27 bits per heavy atom. The van der Waals surface area contributed by atoms with Crippen LogP contribution in [0.2, 0.25) is 4.47 Å². The average Bonchev–Trinajstić information content (AvgIpc) is 2.96. The van der Waals surface area contributed by atoms with Crippen LogP contribution in [0.1, 0.15) is 4.88 Å². The van der Waals surface area contributed by atoms with Crippen molar-refractivity contribution in [3.8, 4) is 5.75 Å². The fourth-order valence-corrected chi connectivity index (χ4v) is 2.97. The van der Waals surface area contributed by atoms with Crippen LogP contribution < -0.4 is 9.64 Å². The van der Waals surface area contributed by atoms with Crippen LogP contribution in [0.3, 0.4) is 0 Å². The van der Waals surface area contributed by atoms with E-state index in [9.17, 15) is 0 Å². The van der Waals surface area contributed by atoms with E-state index in [1.165, 1.54) is 11.3 Å². The molecule has 0 aliphatic heterocycles. The first-order valence-corrected chi connectivity index (χ1v) is 7.77. The highest BCUT2D eigenvalue weighted by Crippen LogP contribution is 2.28. The molecule has 2 heterocycles. The number of hydrogen-bond donors (Lipinski definition) is 0. The van der Waals surface area contributed by atoms with E-state index in [1.807, 2.05) is 17.0 Å². The third-order valence-electron chi connectivity index (χ3n) is 3.04. The van der Waals surface area contributed by atoms with E-state index in [0.717, 1.165) is 4.88 Å². The summed E-state index contributed by atoms with van der Waals surface area (Å²) in [4.78, 5) is 11.5. The molecule has 2 rings (SSSR count). The lowest BCUT2D eigenvalue weighted by atomic mass is 10.3. The zero-order valence-electron chi connectivity index (χ0n) is 12.7. The Morgan fingerprint density at radius 2 is 2.05 bits per heavy atom. The largest absolute Gasteiger partial charge is 0.493 e. The molecule has 0 saturated carbocycles. The molecule has 0 aliphatic rings. The Morgan fingerprint density at radius 3 is 2.64 bits per heavy atom. The fraction of sp³-hybridized carbons (Fsp3) is 0.429. The van der Waals surface area contributed by atoms with E-state index in [2.05, 4.69) is 9.97 Å². The smallest absolute Gasteiger partial charge is 0.183 e. The molecule has 0 fully saturated rings. The Kier molecular flexibility index (Phi) is 6.38. The molecular formula is C14H18ClN3O3S. The van der Waals surface area contributed by atoms with Crippen molar-refractivity contribution in [1.29, 1.82) is 0 Å². The van der Waals surface area contributed by atoms with Crippen LogP contribution in [-0.2, 0) is 16.0 Å². The summed E-state index contributed by atoms with van der Waals surface area (Å²) in [7, 11) is 4.82. The molecule has 0 radical (unpaired) electrons. The quantitative estimate of drug-likeness (QED) is 0.687. The van der Waals surface area contributed by atoms with Crippen LogP contribution in [0.15, 0.2) is 24.5 Å². The number of rotatable bonds is 8. The molecule has 0 N–H and O–H groups in total. The third-order valence-corrected chi connectivity index (χ3v) is 4.14. The summed E-state index contributed by atoms with van der Waals surface area (Å²) in [5.41, 5.74) is 0. The minimum Gasteiger partial charge on any atom is -0.493 e. The van der Waals surface area contributed by atoms with Crippen LogP contribution in [0.5, 0.6) is 5.75 Å². The number of methoxy groups -OCH3 is 3. The molecule has 0 aromatic carbocycles. The van der Waals surface area contributed by atoms with Gasteiger partial charge in [-0.15, -0.1) is 11.3 Å². The predicted molar refractivity (Wildman–Crippen MR) is 86.8 cm³/mol. The second kappa shape index (κ2) is 8.28. The van der Waals surface area contributed by atoms with Crippen molar-refractivity contribution in [2.45, 2.75) is 12.8 Å². The van der Waals surface area contributed by atoms with E-state index < -0.39 is 0 Å². The third kappa shape index (κ3) is 4.30. The van der Waals surface area contributed by atoms with Crippen molar-refractivity contribution in [3.63, 3.8) is 0 Å². The highest BCUT2D eigenvalue weighted by Gasteiger charge is 2.19. The van der Waals surface area contributed by atoms with Gasteiger partial charge in [-0.05, 0) is 12.1 Å². The van der Waals surface area contributed by atoms with Gasteiger partial charge >= 0.3 is 0 Å². The topological polar surface area (TPSA) is 56.7 Å². The van der Waals surface area contributed by atoms with Gasteiger partial charge in [0.15, 0.2) is 22.3 Å². The van der Waals surface area contributed by atoms with E-state index in [4.69, 9.17) is 25.8 Å². The molecule has 0 aliphatic carbocycles. The van der Waals surface area contributed by atoms with E-state index in [0.29, 0.717) is 29.1 Å². The van der Waals surface area contributed by atoms with Gasteiger partial charge < -0.3 is 19.1 Å². The van der Waals surface area contributed by atoms with E-state index >= 15 is 0 Å².